The van der Waals surface area contributed by atoms with Crippen LogP contribution in [-0.4, -0.2) is 4.98 Å². The minimum Gasteiger partial charge on any atom is -0.456 e. The average molecular weight is 399 g/mol. The number of rotatable bonds is 1. The number of hydrogen-bond acceptors (Lipinski definition) is 3. The molecule has 0 spiro atoms. The van der Waals surface area contributed by atoms with Crippen molar-refractivity contribution in [2.24, 2.45) is 0 Å². The summed E-state index contributed by atoms with van der Waals surface area (Å²) in [6.07, 6.45) is 0. The predicted octanol–water partition coefficient (Wildman–Crippen LogP) is 8.01. The highest BCUT2D eigenvalue weighted by Gasteiger charge is 2.15. The third-order valence-electron chi connectivity index (χ3n) is 6.14. The zero-order valence-corrected chi connectivity index (χ0v) is 16.8. The van der Waals surface area contributed by atoms with Crippen LogP contribution in [0.1, 0.15) is 5.56 Å². The Bertz CT molecular complexity index is 1800. The van der Waals surface area contributed by atoms with Crippen LogP contribution < -0.4 is 0 Å². The summed E-state index contributed by atoms with van der Waals surface area (Å²) in [5.74, 6) is 0. The van der Waals surface area contributed by atoms with Crippen molar-refractivity contribution < 1.29 is 8.83 Å². The van der Waals surface area contributed by atoms with E-state index in [1.54, 1.807) is 0 Å². The van der Waals surface area contributed by atoms with E-state index >= 15 is 0 Å². The van der Waals surface area contributed by atoms with Crippen molar-refractivity contribution in [1.29, 1.82) is 0 Å². The molecule has 7 rings (SSSR count). The molecule has 0 saturated heterocycles. The number of furan rings is 2. The standard InChI is InChI=1S/C28H17NO2/c1-16-9-10-17-18-6-4-7-20(28(18)31-26(17)15-16)23-12-11-19-22(29-23)13-14-25-27(19)21-5-2-3-8-24(21)30-25/h2-15H,1H3. The van der Waals surface area contributed by atoms with Crippen molar-refractivity contribution >= 4 is 54.8 Å². The number of aromatic nitrogens is 1. The SMILES string of the molecule is Cc1ccc2c(c1)oc1c(-c3ccc4c(ccc5oc6ccccc6c54)n3)cccc12. The molecule has 0 amide bonds. The van der Waals surface area contributed by atoms with E-state index in [4.69, 9.17) is 13.8 Å². The maximum Gasteiger partial charge on any atom is 0.144 e. The Morgan fingerprint density at radius 1 is 0.613 bits per heavy atom. The summed E-state index contributed by atoms with van der Waals surface area (Å²) in [4.78, 5) is 5.02. The van der Waals surface area contributed by atoms with Gasteiger partial charge in [0.15, 0.2) is 0 Å². The number of aryl methyl sites for hydroxylation is 1. The molecule has 146 valence electrons. The fourth-order valence-electron chi connectivity index (χ4n) is 4.68. The molecule has 7 aromatic rings. The van der Waals surface area contributed by atoms with Gasteiger partial charge in [-0.3, -0.25) is 0 Å². The molecular formula is C28H17NO2. The second-order valence-electron chi connectivity index (χ2n) is 8.08. The van der Waals surface area contributed by atoms with Crippen LogP contribution in [0.25, 0.3) is 66.0 Å². The fraction of sp³-hybridized carbons (Fsp3) is 0.0357. The Balaban J connectivity index is 1.51. The van der Waals surface area contributed by atoms with Gasteiger partial charge >= 0.3 is 0 Å². The van der Waals surface area contributed by atoms with E-state index in [9.17, 15) is 0 Å². The fourth-order valence-corrected chi connectivity index (χ4v) is 4.68. The summed E-state index contributed by atoms with van der Waals surface area (Å²) >= 11 is 0. The highest BCUT2D eigenvalue weighted by molar-refractivity contribution is 6.18. The van der Waals surface area contributed by atoms with Crippen LogP contribution in [0.4, 0.5) is 0 Å². The number of benzene rings is 4. The number of nitrogens with zero attached hydrogens (tertiary/aromatic N) is 1. The summed E-state index contributed by atoms with van der Waals surface area (Å²) in [7, 11) is 0. The van der Waals surface area contributed by atoms with Crippen LogP contribution in [0.2, 0.25) is 0 Å². The second kappa shape index (κ2) is 5.96. The molecule has 3 heterocycles. The van der Waals surface area contributed by atoms with Crippen LogP contribution >= 0.6 is 0 Å². The minimum atomic E-state index is 0.879. The van der Waals surface area contributed by atoms with Gasteiger partial charge in [-0.2, -0.15) is 0 Å². The van der Waals surface area contributed by atoms with Crippen molar-refractivity contribution in [3.63, 3.8) is 0 Å². The molecule has 0 bridgehead atoms. The maximum atomic E-state index is 6.29. The van der Waals surface area contributed by atoms with Gasteiger partial charge in [-0.25, -0.2) is 4.98 Å². The number of para-hydroxylation sites is 2. The predicted molar refractivity (Wildman–Crippen MR) is 126 cm³/mol. The zero-order chi connectivity index (χ0) is 20.5. The lowest BCUT2D eigenvalue weighted by atomic mass is 10.0. The highest BCUT2D eigenvalue weighted by Crippen LogP contribution is 2.38. The monoisotopic (exact) mass is 399 g/mol. The maximum absolute atomic E-state index is 6.29. The first-order chi connectivity index (χ1) is 15.3. The smallest absolute Gasteiger partial charge is 0.144 e. The molecule has 0 unspecified atom stereocenters. The van der Waals surface area contributed by atoms with E-state index in [0.29, 0.717) is 0 Å². The van der Waals surface area contributed by atoms with E-state index in [-0.39, 0.29) is 0 Å². The Labute approximate surface area is 177 Å². The molecule has 0 aliphatic rings. The Morgan fingerprint density at radius 3 is 2.45 bits per heavy atom. The van der Waals surface area contributed by atoms with E-state index in [1.807, 2.05) is 30.3 Å². The quantitative estimate of drug-likeness (QED) is 0.281. The molecule has 4 aromatic carbocycles. The second-order valence-corrected chi connectivity index (χ2v) is 8.08. The number of fused-ring (bicyclic) bond motifs is 8. The van der Waals surface area contributed by atoms with Gasteiger partial charge in [0, 0.05) is 32.5 Å². The van der Waals surface area contributed by atoms with E-state index in [0.717, 1.165) is 66.0 Å². The first kappa shape index (κ1) is 16.7. The number of pyridine rings is 1. The first-order valence-electron chi connectivity index (χ1n) is 10.4. The van der Waals surface area contributed by atoms with Crippen LogP contribution in [-0.2, 0) is 0 Å². The molecule has 3 aromatic heterocycles. The van der Waals surface area contributed by atoms with Gasteiger partial charge in [-0.05, 0) is 55.0 Å². The molecule has 3 heteroatoms. The minimum absolute atomic E-state index is 0.879. The summed E-state index contributed by atoms with van der Waals surface area (Å²) in [5.41, 5.74) is 7.62. The molecule has 0 fully saturated rings. The molecule has 0 saturated carbocycles. The molecule has 0 radical (unpaired) electrons. The van der Waals surface area contributed by atoms with Crippen LogP contribution in [0.3, 0.4) is 0 Å². The molecule has 0 aliphatic carbocycles. The molecular weight excluding hydrogens is 382 g/mol. The Kier molecular flexibility index (Phi) is 3.20. The lowest BCUT2D eigenvalue weighted by molar-refractivity contribution is 0.668. The summed E-state index contributed by atoms with van der Waals surface area (Å²) in [6, 6.07) is 29.0. The number of hydrogen-bond donors (Lipinski definition) is 0. The summed E-state index contributed by atoms with van der Waals surface area (Å²) in [5, 5.41) is 5.58. The summed E-state index contributed by atoms with van der Waals surface area (Å²) in [6.45, 7) is 2.08. The van der Waals surface area contributed by atoms with Gasteiger partial charge < -0.3 is 8.83 Å². The van der Waals surface area contributed by atoms with Crippen molar-refractivity contribution in [2.75, 3.05) is 0 Å². The van der Waals surface area contributed by atoms with E-state index in [1.165, 1.54) is 5.56 Å². The average Bonchev–Trinajstić information content (AvgIpc) is 3.36. The molecule has 0 atom stereocenters. The van der Waals surface area contributed by atoms with Gasteiger partial charge in [-0.1, -0.05) is 42.5 Å². The van der Waals surface area contributed by atoms with Crippen LogP contribution in [0.15, 0.2) is 93.8 Å². The third kappa shape index (κ3) is 2.32. The largest absolute Gasteiger partial charge is 0.456 e. The van der Waals surface area contributed by atoms with Crippen molar-refractivity contribution in [1.82, 2.24) is 4.98 Å². The Hall–Kier alpha value is -4.11. The third-order valence-corrected chi connectivity index (χ3v) is 6.14. The van der Waals surface area contributed by atoms with Crippen molar-refractivity contribution in [3.8, 4) is 11.3 Å². The zero-order valence-electron chi connectivity index (χ0n) is 16.8. The van der Waals surface area contributed by atoms with Gasteiger partial charge in [0.05, 0.1) is 11.2 Å². The lowest BCUT2D eigenvalue weighted by Crippen LogP contribution is -1.86. The van der Waals surface area contributed by atoms with Gasteiger partial charge in [0.2, 0.25) is 0 Å². The molecule has 3 nitrogen and oxygen atoms in total. The van der Waals surface area contributed by atoms with Crippen molar-refractivity contribution in [3.05, 3.63) is 90.5 Å². The van der Waals surface area contributed by atoms with Crippen LogP contribution in [0.5, 0.6) is 0 Å². The first-order valence-corrected chi connectivity index (χ1v) is 10.4. The van der Waals surface area contributed by atoms with Crippen molar-refractivity contribution in [2.45, 2.75) is 6.92 Å². The lowest BCUT2D eigenvalue weighted by Gasteiger charge is -2.05. The normalized spacial score (nSPS) is 12.0. The van der Waals surface area contributed by atoms with E-state index < -0.39 is 0 Å². The summed E-state index contributed by atoms with van der Waals surface area (Å²) < 4.78 is 12.3. The highest BCUT2D eigenvalue weighted by atomic mass is 16.3. The molecule has 0 aliphatic heterocycles. The van der Waals surface area contributed by atoms with Gasteiger partial charge in [0.25, 0.3) is 0 Å². The molecule has 31 heavy (non-hydrogen) atoms. The Morgan fingerprint density at radius 2 is 1.48 bits per heavy atom. The van der Waals surface area contributed by atoms with Gasteiger partial charge in [-0.15, -0.1) is 0 Å². The topological polar surface area (TPSA) is 39.2 Å². The van der Waals surface area contributed by atoms with Crippen LogP contribution in [0, 0.1) is 6.92 Å². The molecule has 0 N–H and O–H groups in total. The van der Waals surface area contributed by atoms with E-state index in [2.05, 4.69) is 61.5 Å². The van der Waals surface area contributed by atoms with Gasteiger partial charge in [0.1, 0.15) is 22.3 Å².